The zero-order chi connectivity index (χ0) is 20.7. The molecule has 0 spiro atoms. The number of hydrogen-bond acceptors (Lipinski definition) is 2. The van der Waals surface area contributed by atoms with Crippen molar-refractivity contribution in [2.45, 2.75) is 20.3 Å². The Morgan fingerprint density at radius 2 is 1.69 bits per heavy atom. The van der Waals surface area contributed by atoms with E-state index in [1.165, 1.54) is 11.1 Å². The SMILES string of the molecule is Cc1ccc(CC(=O)c2ccc3c(c2)nc(-c2c(Cl)cccc2Cl)n3C)cc1C. The maximum absolute atomic E-state index is 12.8. The maximum atomic E-state index is 12.8. The van der Waals surface area contributed by atoms with Crippen LogP contribution in [0.15, 0.2) is 54.6 Å². The van der Waals surface area contributed by atoms with Gasteiger partial charge in [-0.3, -0.25) is 4.79 Å². The number of hydrogen-bond donors (Lipinski definition) is 0. The highest BCUT2D eigenvalue weighted by molar-refractivity contribution is 6.39. The van der Waals surface area contributed by atoms with Crippen molar-refractivity contribution in [2.75, 3.05) is 0 Å². The molecule has 4 rings (SSSR count). The van der Waals surface area contributed by atoms with E-state index in [-0.39, 0.29) is 5.78 Å². The van der Waals surface area contributed by atoms with Crippen LogP contribution >= 0.6 is 23.2 Å². The summed E-state index contributed by atoms with van der Waals surface area (Å²) < 4.78 is 1.94. The molecule has 0 radical (unpaired) electrons. The van der Waals surface area contributed by atoms with Gasteiger partial charge in [0, 0.05) is 19.0 Å². The van der Waals surface area contributed by atoms with Crippen LogP contribution in [0, 0.1) is 13.8 Å². The summed E-state index contributed by atoms with van der Waals surface area (Å²) in [6, 6.07) is 17.1. The Bertz CT molecular complexity index is 1240. The molecular weight excluding hydrogens is 403 g/mol. The number of carbonyl (C=O) groups is 1. The summed E-state index contributed by atoms with van der Waals surface area (Å²) >= 11 is 12.7. The Labute approximate surface area is 179 Å². The van der Waals surface area contributed by atoms with Gasteiger partial charge in [-0.15, -0.1) is 0 Å². The van der Waals surface area contributed by atoms with Gasteiger partial charge in [0.25, 0.3) is 0 Å². The fourth-order valence-corrected chi connectivity index (χ4v) is 4.08. The zero-order valence-electron chi connectivity index (χ0n) is 16.5. The largest absolute Gasteiger partial charge is 0.327 e. The zero-order valence-corrected chi connectivity index (χ0v) is 18.0. The first-order valence-electron chi connectivity index (χ1n) is 9.35. The van der Waals surface area contributed by atoms with Crippen molar-refractivity contribution in [3.63, 3.8) is 0 Å². The molecule has 0 saturated heterocycles. The number of ketones is 1. The number of rotatable bonds is 4. The summed E-state index contributed by atoms with van der Waals surface area (Å²) in [5.74, 6) is 0.743. The monoisotopic (exact) mass is 422 g/mol. The van der Waals surface area contributed by atoms with Crippen molar-refractivity contribution < 1.29 is 4.79 Å². The Morgan fingerprint density at radius 3 is 2.38 bits per heavy atom. The molecule has 29 heavy (non-hydrogen) atoms. The fraction of sp³-hybridized carbons (Fsp3) is 0.167. The number of halogens is 2. The number of imidazole rings is 1. The molecule has 0 amide bonds. The van der Waals surface area contributed by atoms with Gasteiger partial charge in [0.15, 0.2) is 5.78 Å². The van der Waals surface area contributed by atoms with Gasteiger partial charge in [0.05, 0.1) is 26.6 Å². The van der Waals surface area contributed by atoms with Gasteiger partial charge in [0.1, 0.15) is 5.82 Å². The smallest absolute Gasteiger partial charge is 0.167 e. The molecule has 5 heteroatoms. The normalized spacial score (nSPS) is 11.2. The van der Waals surface area contributed by atoms with Gasteiger partial charge in [-0.1, -0.05) is 47.5 Å². The summed E-state index contributed by atoms with van der Waals surface area (Å²) in [7, 11) is 1.92. The van der Waals surface area contributed by atoms with Crippen molar-refractivity contribution >= 4 is 40.0 Å². The van der Waals surface area contributed by atoms with Crippen LogP contribution in [-0.4, -0.2) is 15.3 Å². The Kier molecular flexibility index (Phi) is 5.20. The second-order valence-electron chi connectivity index (χ2n) is 7.31. The molecule has 0 N–H and O–H groups in total. The summed E-state index contributed by atoms with van der Waals surface area (Å²) in [6.45, 7) is 4.13. The first-order valence-corrected chi connectivity index (χ1v) is 10.1. The van der Waals surface area contributed by atoms with E-state index in [4.69, 9.17) is 28.2 Å². The second kappa shape index (κ2) is 7.66. The number of Topliss-reactive ketones (excluding diaryl/α,β-unsaturated/α-hetero) is 1. The lowest BCUT2D eigenvalue weighted by Crippen LogP contribution is -2.04. The molecule has 3 aromatic carbocycles. The molecule has 0 unspecified atom stereocenters. The maximum Gasteiger partial charge on any atom is 0.167 e. The van der Waals surface area contributed by atoms with Crippen molar-refractivity contribution in [1.82, 2.24) is 9.55 Å². The average Bonchev–Trinajstić information content (AvgIpc) is 3.00. The van der Waals surface area contributed by atoms with Crippen molar-refractivity contribution in [3.8, 4) is 11.4 Å². The quantitative estimate of drug-likeness (QED) is 0.347. The summed E-state index contributed by atoms with van der Waals surface area (Å²) in [5.41, 5.74) is 6.42. The third kappa shape index (κ3) is 3.68. The van der Waals surface area contributed by atoms with Gasteiger partial charge in [0.2, 0.25) is 0 Å². The minimum atomic E-state index is 0.0677. The lowest BCUT2D eigenvalue weighted by atomic mass is 9.99. The van der Waals surface area contributed by atoms with E-state index in [0.29, 0.717) is 33.4 Å². The molecule has 146 valence electrons. The van der Waals surface area contributed by atoms with Crippen LogP contribution in [0.4, 0.5) is 0 Å². The third-order valence-electron chi connectivity index (χ3n) is 5.33. The topological polar surface area (TPSA) is 34.9 Å². The van der Waals surface area contributed by atoms with Gasteiger partial charge < -0.3 is 4.57 Å². The van der Waals surface area contributed by atoms with Crippen molar-refractivity contribution in [3.05, 3.63) is 86.9 Å². The highest BCUT2D eigenvalue weighted by Crippen LogP contribution is 2.35. The summed E-state index contributed by atoms with van der Waals surface area (Å²) in [6.07, 6.45) is 0.364. The Hall–Kier alpha value is -2.62. The van der Waals surface area contributed by atoms with Gasteiger partial charge >= 0.3 is 0 Å². The number of benzene rings is 3. The first-order chi connectivity index (χ1) is 13.8. The first kappa shape index (κ1) is 19.7. The molecule has 0 aliphatic rings. The molecule has 1 aromatic heterocycles. The van der Waals surface area contributed by atoms with Crippen molar-refractivity contribution in [1.29, 1.82) is 0 Å². The predicted molar refractivity (Wildman–Crippen MR) is 120 cm³/mol. The van der Waals surface area contributed by atoms with Crippen LogP contribution in [0.25, 0.3) is 22.4 Å². The van der Waals surface area contributed by atoms with E-state index in [1.54, 1.807) is 18.2 Å². The van der Waals surface area contributed by atoms with Gasteiger partial charge in [-0.05, 0) is 60.9 Å². The van der Waals surface area contributed by atoms with E-state index < -0.39 is 0 Å². The molecule has 1 heterocycles. The number of carbonyl (C=O) groups excluding carboxylic acids is 1. The molecule has 0 saturated carbocycles. The van der Waals surface area contributed by atoms with E-state index in [1.807, 2.05) is 35.9 Å². The predicted octanol–water partition coefficient (Wildman–Crippen LogP) is 6.59. The number of aryl methyl sites for hydroxylation is 3. The van der Waals surface area contributed by atoms with E-state index in [2.05, 4.69) is 26.0 Å². The van der Waals surface area contributed by atoms with Crippen LogP contribution < -0.4 is 0 Å². The van der Waals surface area contributed by atoms with E-state index in [9.17, 15) is 4.79 Å². The molecule has 0 aliphatic carbocycles. The number of aromatic nitrogens is 2. The minimum Gasteiger partial charge on any atom is -0.327 e. The summed E-state index contributed by atoms with van der Waals surface area (Å²) in [4.78, 5) is 17.6. The van der Waals surface area contributed by atoms with Crippen molar-refractivity contribution in [2.24, 2.45) is 7.05 Å². The van der Waals surface area contributed by atoms with Crippen LogP contribution in [0.2, 0.25) is 10.0 Å². The molecule has 0 fully saturated rings. The van der Waals surface area contributed by atoms with Crippen LogP contribution in [0.1, 0.15) is 27.0 Å². The minimum absolute atomic E-state index is 0.0677. The summed E-state index contributed by atoms with van der Waals surface area (Å²) in [5, 5.41) is 1.09. The third-order valence-corrected chi connectivity index (χ3v) is 5.96. The lowest BCUT2D eigenvalue weighted by molar-refractivity contribution is 0.0993. The second-order valence-corrected chi connectivity index (χ2v) is 8.13. The van der Waals surface area contributed by atoms with Crippen LogP contribution in [-0.2, 0) is 13.5 Å². The van der Waals surface area contributed by atoms with Gasteiger partial charge in [-0.25, -0.2) is 4.98 Å². The molecule has 3 nitrogen and oxygen atoms in total. The highest BCUT2D eigenvalue weighted by atomic mass is 35.5. The Balaban J connectivity index is 1.71. The average molecular weight is 423 g/mol. The number of fused-ring (bicyclic) bond motifs is 1. The molecular formula is C24H20Cl2N2O. The fourth-order valence-electron chi connectivity index (χ4n) is 3.51. The molecule has 0 atom stereocenters. The van der Waals surface area contributed by atoms with Gasteiger partial charge in [-0.2, -0.15) is 0 Å². The molecule has 4 aromatic rings. The van der Waals surface area contributed by atoms with Crippen LogP contribution in [0.3, 0.4) is 0 Å². The number of nitrogens with zero attached hydrogens (tertiary/aromatic N) is 2. The standard InChI is InChI=1S/C24H20Cl2N2O/c1-14-7-8-16(11-15(14)2)12-22(29)17-9-10-21-20(13-17)27-24(28(21)3)23-18(25)5-4-6-19(23)26/h4-11,13H,12H2,1-3H3. The van der Waals surface area contributed by atoms with E-state index in [0.717, 1.165) is 16.6 Å². The van der Waals surface area contributed by atoms with E-state index >= 15 is 0 Å². The Morgan fingerprint density at radius 1 is 0.966 bits per heavy atom. The van der Waals surface area contributed by atoms with Crippen LogP contribution in [0.5, 0.6) is 0 Å². The molecule has 0 aliphatic heterocycles. The highest BCUT2D eigenvalue weighted by Gasteiger charge is 2.17. The molecule has 0 bridgehead atoms. The lowest BCUT2D eigenvalue weighted by Gasteiger charge is -2.07.